The van der Waals surface area contributed by atoms with E-state index in [1.165, 1.54) is 10.5 Å². The molecule has 0 fully saturated rings. The van der Waals surface area contributed by atoms with Gasteiger partial charge in [-0.15, -0.1) is 11.8 Å². The van der Waals surface area contributed by atoms with Gasteiger partial charge in [-0.05, 0) is 38.4 Å². The Kier molecular flexibility index (Phi) is 5.13. The molecule has 23 heavy (non-hydrogen) atoms. The van der Waals surface area contributed by atoms with Gasteiger partial charge >= 0.3 is 0 Å². The molecule has 0 saturated heterocycles. The number of hydrogen-bond donors (Lipinski definition) is 0. The zero-order valence-corrected chi connectivity index (χ0v) is 14.7. The first-order chi connectivity index (χ1) is 11.2. The number of hydrogen-bond acceptors (Lipinski definition) is 4. The van der Waals surface area contributed by atoms with Crippen LogP contribution in [-0.4, -0.2) is 39.3 Å². The standard InChI is InChI=1S/C19H23NO2S/c1-20(2)12-14-13-22-18-10-5-4-9-17(18)19(14)23-16-8-6-7-15(11-16)21-3/h4-11,14,19H,12-13H2,1-3H3. The van der Waals surface area contributed by atoms with E-state index in [9.17, 15) is 0 Å². The average Bonchev–Trinajstić information content (AvgIpc) is 2.57. The van der Waals surface area contributed by atoms with Crippen molar-refractivity contribution in [3.63, 3.8) is 0 Å². The Morgan fingerprint density at radius 1 is 1.17 bits per heavy atom. The van der Waals surface area contributed by atoms with E-state index in [1.807, 2.05) is 30.0 Å². The van der Waals surface area contributed by atoms with Crippen molar-refractivity contribution >= 4 is 11.8 Å². The normalized spacial score (nSPS) is 20.0. The third-order valence-electron chi connectivity index (χ3n) is 4.01. The molecule has 0 aromatic heterocycles. The summed E-state index contributed by atoms with van der Waals surface area (Å²) in [6, 6.07) is 16.7. The van der Waals surface area contributed by atoms with Crippen molar-refractivity contribution in [2.45, 2.75) is 10.1 Å². The van der Waals surface area contributed by atoms with Crippen LogP contribution in [0.15, 0.2) is 53.4 Å². The molecule has 2 unspecified atom stereocenters. The van der Waals surface area contributed by atoms with Crippen molar-refractivity contribution in [2.75, 3.05) is 34.4 Å². The lowest BCUT2D eigenvalue weighted by Gasteiger charge is -2.34. The summed E-state index contributed by atoms with van der Waals surface area (Å²) >= 11 is 1.90. The van der Waals surface area contributed by atoms with Crippen LogP contribution in [0.3, 0.4) is 0 Å². The van der Waals surface area contributed by atoms with Crippen LogP contribution in [0.5, 0.6) is 11.5 Å². The summed E-state index contributed by atoms with van der Waals surface area (Å²) in [5.41, 5.74) is 1.29. The van der Waals surface area contributed by atoms with E-state index in [0.717, 1.165) is 24.7 Å². The quantitative estimate of drug-likeness (QED) is 0.823. The van der Waals surface area contributed by atoms with Gasteiger partial charge in [0.05, 0.1) is 13.7 Å². The van der Waals surface area contributed by atoms with Crippen LogP contribution in [0, 0.1) is 5.92 Å². The summed E-state index contributed by atoms with van der Waals surface area (Å²) in [4.78, 5) is 3.47. The van der Waals surface area contributed by atoms with E-state index in [0.29, 0.717) is 11.2 Å². The topological polar surface area (TPSA) is 21.7 Å². The first kappa shape index (κ1) is 16.2. The Labute approximate surface area is 142 Å². The highest BCUT2D eigenvalue weighted by Gasteiger charge is 2.32. The highest BCUT2D eigenvalue weighted by atomic mass is 32.2. The second-order valence-electron chi connectivity index (χ2n) is 6.09. The second-order valence-corrected chi connectivity index (χ2v) is 7.30. The van der Waals surface area contributed by atoms with Crippen molar-refractivity contribution in [2.24, 2.45) is 5.92 Å². The predicted molar refractivity (Wildman–Crippen MR) is 95.6 cm³/mol. The first-order valence-corrected chi connectivity index (χ1v) is 8.72. The first-order valence-electron chi connectivity index (χ1n) is 7.84. The monoisotopic (exact) mass is 329 g/mol. The maximum Gasteiger partial charge on any atom is 0.123 e. The van der Waals surface area contributed by atoms with E-state index >= 15 is 0 Å². The third kappa shape index (κ3) is 3.82. The molecule has 0 bridgehead atoms. The summed E-state index contributed by atoms with van der Waals surface area (Å²) < 4.78 is 11.3. The van der Waals surface area contributed by atoms with Crippen LogP contribution in [-0.2, 0) is 0 Å². The van der Waals surface area contributed by atoms with Crippen molar-refractivity contribution in [3.8, 4) is 11.5 Å². The van der Waals surface area contributed by atoms with Crippen LogP contribution in [0.1, 0.15) is 10.8 Å². The molecule has 1 aliphatic heterocycles. The molecule has 3 rings (SSSR count). The molecule has 0 saturated carbocycles. The Bertz CT molecular complexity index is 659. The molecular weight excluding hydrogens is 306 g/mol. The van der Waals surface area contributed by atoms with Gasteiger partial charge in [-0.3, -0.25) is 0 Å². The Balaban J connectivity index is 1.90. The van der Waals surface area contributed by atoms with Gasteiger partial charge in [-0.1, -0.05) is 24.3 Å². The number of methoxy groups -OCH3 is 1. The fourth-order valence-electron chi connectivity index (χ4n) is 2.98. The van der Waals surface area contributed by atoms with E-state index in [2.05, 4.69) is 49.3 Å². The van der Waals surface area contributed by atoms with Gasteiger partial charge in [0.25, 0.3) is 0 Å². The summed E-state index contributed by atoms with van der Waals surface area (Å²) in [6.45, 7) is 1.77. The smallest absolute Gasteiger partial charge is 0.123 e. The summed E-state index contributed by atoms with van der Waals surface area (Å²) in [7, 11) is 5.95. The van der Waals surface area contributed by atoms with Crippen LogP contribution >= 0.6 is 11.8 Å². The highest BCUT2D eigenvalue weighted by molar-refractivity contribution is 7.99. The molecule has 0 radical (unpaired) electrons. The van der Waals surface area contributed by atoms with E-state index in [4.69, 9.17) is 9.47 Å². The van der Waals surface area contributed by atoms with E-state index in [-0.39, 0.29) is 0 Å². The summed E-state index contributed by atoms with van der Waals surface area (Å²) in [6.07, 6.45) is 0. The lowest BCUT2D eigenvalue weighted by molar-refractivity contribution is 0.185. The van der Waals surface area contributed by atoms with Gasteiger partial charge < -0.3 is 14.4 Å². The second kappa shape index (κ2) is 7.28. The third-order valence-corrected chi connectivity index (χ3v) is 5.43. The van der Waals surface area contributed by atoms with Crippen LogP contribution in [0.25, 0.3) is 0 Å². The number of para-hydroxylation sites is 1. The zero-order chi connectivity index (χ0) is 16.2. The van der Waals surface area contributed by atoms with Crippen molar-refractivity contribution < 1.29 is 9.47 Å². The maximum absolute atomic E-state index is 5.99. The summed E-state index contributed by atoms with van der Waals surface area (Å²) in [5.74, 6) is 2.37. The molecule has 3 nitrogen and oxygen atoms in total. The molecule has 122 valence electrons. The molecule has 2 aromatic carbocycles. The van der Waals surface area contributed by atoms with Gasteiger partial charge in [0, 0.05) is 28.2 Å². The van der Waals surface area contributed by atoms with Gasteiger partial charge in [-0.2, -0.15) is 0 Å². The number of nitrogens with zero attached hydrogens (tertiary/aromatic N) is 1. The van der Waals surface area contributed by atoms with Gasteiger partial charge in [0.15, 0.2) is 0 Å². The average molecular weight is 329 g/mol. The lowest BCUT2D eigenvalue weighted by atomic mass is 9.95. The lowest BCUT2D eigenvalue weighted by Crippen LogP contribution is -2.33. The Hall–Kier alpha value is -1.65. The van der Waals surface area contributed by atoms with Crippen molar-refractivity contribution in [1.29, 1.82) is 0 Å². The van der Waals surface area contributed by atoms with Gasteiger partial charge in [0.1, 0.15) is 11.5 Å². The van der Waals surface area contributed by atoms with Crippen LogP contribution in [0.2, 0.25) is 0 Å². The maximum atomic E-state index is 5.99. The molecule has 4 heteroatoms. The fourth-order valence-corrected chi connectivity index (χ4v) is 4.30. The minimum absolute atomic E-state index is 0.384. The number of fused-ring (bicyclic) bond motifs is 1. The molecule has 1 heterocycles. The molecule has 2 aromatic rings. The molecule has 2 atom stereocenters. The molecule has 0 spiro atoms. The highest BCUT2D eigenvalue weighted by Crippen LogP contribution is 2.47. The molecule has 0 aliphatic carbocycles. The number of thioether (sulfide) groups is 1. The Morgan fingerprint density at radius 3 is 2.78 bits per heavy atom. The SMILES string of the molecule is COc1cccc(SC2c3ccccc3OCC2CN(C)C)c1. The van der Waals surface area contributed by atoms with E-state index < -0.39 is 0 Å². The van der Waals surface area contributed by atoms with E-state index in [1.54, 1.807) is 7.11 Å². The molecular formula is C19H23NO2S. The minimum Gasteiger partial charge on any atom is -0.497 e. The largest absolute Gasteiger partial charge is 0.497 e. The van der Waals surface area contributed by atoms with Gasteiger partial charge in [-0.25, -0.2) is 0 Å². The summed E-state index contributed by atoms with van der Waals surface area (Å²) in [5, 5.41) is 0.384. The predicted octanol–water partition coefficient (Wildman–Crippen LogP) is 4.10. The van der Waals surface area contributed by atoms with Gasteiger partial charge in [0.2, 0.25) is 0 Å². The van der Waals surface area contributed by atoms with Crippen LogP contribution in [0.4, 0.5) is 0 Å². The minimum atomic E-state index is 0.384. The number of rotatable bonds is 5. The Morgan fingerprint density at radius 2 is 2.00 bits per heavy atom. The van der Waals surface area contributed by atoms with Crippen molar-refractivity contribution in [1.82, 2.24) is 4.90 Å². The van der Waals surface area contributed by atoms with Crippen LogP contribution < -0.4 is 9.47 Å². The molecule has 1 aliphatic rings. The zero-order valence-electron chi connectivity index (χ0n) is 13.9. The van der Waals surface area contributed by atoms with Crippen molar-refractivity contribution in [3.05, 3.63) is 54.1 Å². The molecule has 0 amide bonds. The number of benzene rings is 2. The fraction of sp³-hybridized carbons (Fsp3) is 0.368. The molecule has 0 N–H and O–H groups in total. The number of ether oxygens (including phenoxy) is 2.